The van der Waals surface area contributed by atoms with Gasteiger partial charge in [-0.1, -0.05) is 61.7 Å². The summed E-state index contributed by atoms with van der Waals surface area (Å²) in [5.74, 6) is 0. The maximum absolute atomic E-state index is 6.48. The molecule has 0 fully saturated rings. The number of hydrogen-bond donors (Lipinski definition) is 0. The van der Waals surface area contributed by atoms with Gasteiger partial charge in [0.15, 0.2) is 0 Å². The van der Waals surface area contributed by atoms with Gasteiger partial charge < -0.3 is 0 Å². The molecule has 0 aromatic heterocycles. The Balaban J connectivity index is 2.47. The van der Waals surface area contributed by atoms with Crippen molar-refractivity contribution in [2.45, 2.75) is 5.38 Å². The average molecular weight is 395 g/mol. The topological polar surface area (TPSA) is 0 Å². The first-order valence-corrected chi connectivity index (χ1v) is 7.33. The van der Waals surface area contributed by atoms with Gasteiger partial charge in [0, 0.05) is 14.0 Å². The molecule has 0 amide bonds. The van der Waals surface area contributed by atoms with Crippen molar-refractivity contribution in [3.8, 4) is 0 Å². The van der Waals surface area contributed by atoms with Gasteiger partial charge in [0.25, 0.3) is 0 Å². The third kappa shape index (κ3) is 3.05. The van der Waals surface area contributed by atoms with Crippen LogP contribution in [0.25, 0.3) is 0 Å². The maximum atomic E-state index is 6.48. The van der Waals surface area contributed by atoms with Crippen LogP contribution in [-0.4, -0.2) is 0 Å². The lowest BCUT2D eigenvalue weighted by atomic mass is 10.0. The molecule has 0 radical (unpaired) electrons. The van der Waals surface area contributed by atoms with Crippen molar-refractivity contribution >= 4 is 55.1 Å². The molecule has 0 heterocycles. The SMILES string of the molecule is Clc1ccccc1C(Cl)c1cc(Br)ccc1Br. The number of benzene rings is 2. The minimum absolute atomic E-state index is 0.268. The molecular formula is C13H8Br2Cl2. The molecule has 2 rings (SSSR count). The van der Waals surface area contributed by atoms with Crippen LogP contribution in [0.3, 0.4) is 0 Å². The van der Waals surface area contributed by atoms with Crippen LogP contribution in [0, 0.1) is 0 Å². The van der Waals surface area contributed by atoms with E-state index in [4.69, 9.17) is 23.2 Å². The monoisotopic (exact) mass is 392 g/mol. The molecule has 88 valence electrons. The lowest BCUT2D eigenvalue weighted by molar-refractivity contribution is 1.13. The highest BCUT2D eigenvalue weighted by Crippen LogP contribution is 2.38. The molecule has 2 aromatic rings. The molecule has 0 bridgehead atoms. The van der Waals surface area contributed by atoms with Crippen LogP contribution in [0.1, 0.15) is 16.5 Å². The molecule has 0 saturated carbocycles. The smallest absolute Gasteiger partial charge is 0.0861 e. The Morgan fingerprint density at radius 2 is 1.65 bits per heavy atom. The molecular weight excluding hydrogens is 387 g/mol. The largest absolute Gasteiger partial charge is 0.112 e. The Kier molecular flexibility index (Phi) is 4.53. The quantitative estimate of drug-likeness (QED) is 0.532. The molecule has 1 atom stereocenters. The van der Waals surface area contributed by atoms with Gasteiger partial charge in [-0.3, -0.25) is 0 Å². The summed E-state index contributed by atoms with van der Waals surface area (Å²) in [5.41, 5.74) is 1.91. The summed E-state index contributed by atoms with van der Waals surface area (Å²) < 4.78 is 1.97. The normalized spacial score (nSPS) is 12.5. The summed E-state index contributed by atoms with van der Waals surface area (Å²) in [4.78, 5) is 0. The fourth-order valence-corrected chi connectivity index (χ4v) is 3.21. The van der Waals surface area contributed by atoms with E-state index in [2.05, 4.69) is 31.9 Å². The van der Waals surface area contributed by atoms with Crippen molar-refractivity contribution in [3.63, 3.8) is 0 Å². The van der Waals surface area contributed by atoms with Gasteiger partial charge in [-0.25, -0.2) is 0 Å². The van der Waals surface area contributed by atoms with Crippen LogP contribution in [0.2, 0.25) is 5.02 Å². The van der Waals surface area contributed by atoms with E-state index < -0.39 is 0 Å². The number of hydrogen-bond acceptors (Lipinski definition) is 0. The second-order valence-electron chi connectivity index (χ2n) is 3.55. The summed E-state index contributed by atoms with van der Waals surface area (Å²) in [6.45, 7) is 0. The maximum Gasteiger partial charge on any atom is 0.0861 e. The lowest BCUT2D eigenvalue weighted by Gasteiger charge is -2.14. The van der Waals surface area contributed by atoms with Gasteiger partial charge in [0.05, 0.1) is 5.38 Å². The first-order chi connectivity index (χ1) is 8.09. The van der Waals surface area contributed by atoms with Crippen molar-refractivity contribution in [1.82, 2.24) is 0 Å². The highest BCUT2D eigenvalue weighted by molar-refractivity contribution is 9.11. The Morgan fingerprint density at radius 1 is 0.941 bits per heavy atom. The van der Waals surface area contributed by atoms with E-state index >= 15 is 0 Å². The third-order valence-electron chi connectivity index (χ3n) is 2.41. The average Bonchev–Trinajstić information content (AvgIpc) is 2.32. The van der Waals surface area contributed by atoms with Gasteiger partial charge in [0.1, 0.15) is 0 Å². The Bertz CT molecular complexity index is 541. The molecule has 0 nitrogen and oxygen atoms in total. The molecule has 17 heavy (non-hydrogen) atoms. The van der Waals surface area contributed by atoms with E-state index in [0.29, 0.717) is 5.02 Å². The predicted molar refractivity (Wildman–Crippen MR) is 81.0 cm³/mol. The van der Waals surface area contributed by atoms with Crippen LogP contribution in [0.4, 0.5) is 0 Å². The Labute approximate surface area is 127 Å². The molecule has 4 heteroatoms. The van der Waals surface area contributed by atoms with Gasteiger partial charge in [-0.2, -0.15) is 0 Å². The summed E-state index contributed by atoms with van der Waals surface area (Å²) in [7, 11) is 0. The molecule has 0 aliphatic heterocycles. The van der Waals surface area contributed by atoms with Crippen LogP contribution < -0.4 is 0 Å². The summed E-state index contributed by atoms with van der Waals surface area (Å²) in [6, 6.07) is 13.5. The van der Waals surface area contributed by atoms with Crippen LogP contribution in [-0.2, 0) is 0 Å². The van der Waals surface area contributed by atoms with E-state index in [0.717, 1.165) is 20.1 Å². The fourth-order valence-electron chi connectivity index (χ4n) is 1.56. The number of rotatable bonds is 2. The molecule has 0 spiro atoms. The second-order valence-corrected chi connectivity index (χ2v) is 6.16. The Hall–Kier alpha value is -0.0200. The zero-order valence-corrected chi connectivity index (χ0v) is 13.3. The molecule has 1 unspecified atom stereocenters. The number of alkyl halides is 1. The van der Waals surface area contributed by atoms with Gasteiger partial charge in [0.2, 0.25) is 0 Å². The molecule has 0 N–H and O–H groups in total. The van der Waals surface area contributed by atoms with E-state index in [1.54, 1.807) is 0 Å². The molecule has 0 aliphatic rings. The van der Waals surface area contributed by atoms with E-state index in [1.807, 2.05) is 42.5 Å². The van der Waals surface area contributed by atoms with Crippen LogP contribution in [0.5, 0.6) is 0 Å². The number of halogens is 4. The lowest BCUT2D eigenvalue weighted by Crippen LogP contribution is -1.95. The second kappa shape index (κ2) is 5.75. The van der Waals surface area contributed by atoms with Crippen LogP contribution >= 0.6 is 55.1 Å². The zero-order valence-electron chi connectivity index (χ0n) is 8.63. The predicted octanol–water partition coefficient (Wildman–Crippen LogP) is 6.19. The van der Waals surface area contributed by atoms with Crippen molar-refractivity contribution in [1.29, 1.82) is 0 Å². The first-order valence-electron chi connectivity index (χ1n) is 4.93. The Morgan fingerprint density at radius 3 is 2.35 bits per heavy atom. The highest BCUT2D eigenvalue weighted by atomic mass is 79.9. The molecule has 0 aliphatic carbocycles. The zero-order chi connectivity index (χ0) is 12.4. The van der Waals surface area contributed by atoms with Crippen molar-refractivity contribution < 1.29 is 0 Å². The van der Waals surface area contributed by atoms with Gasteiger partial charge in [-0.05, 0) is 35.4 Å². The van der Waals surface area contributed by atoms with Crippen molar-refractivity contribution in [2.24, 2.45) is 0 Å². The van der Waals surface area contributed by atoms with E-state index in [9.17, 15) is 0 Å². The summed E-state index contributed by atoms with van der Waals surface area (Å²) >= 11 is 19.6. The molecule has 0 saturated heterocycles. The molecule has 2 aromatic carbocycles. The highest BCUT2D eigenvalue weighted by Gasteiger charge is 2.16. The fraction of sp³-hybridized carbons (Fsp3) is 0.0769. The minimum atomic E-state index is -0.268. The van der Waals surface area contributed by atoms with Crippen LogP contribution in [0.15, 0.2) is 51.4 Å². The third-order valence-corrected chi connectivity index (χ3v) is 4.44. The van der Waals surface area contributed by atoms with Crippen molar-refractivity contribution in [2.75, 3.05) is 0 Å². The van der Waals surface area contributed by atoms with Gasteiger partial charge in [-0.15, -0.1) is 11.6 Å². The van der Waals surface area contributed by atoms with Gasteiger partial charge >= 0.3 is 0 Å². The standard InChI is InChI=1S/C13H8Br2Cl2/c14-8-5-6-11(15)10(7-8)13(17)9-3-1-2-4-12(9)16/h1-7,13H. The first kappa shape index (κ1) is 13.4. The van der Waals surface area contributed by atoms with Crippen molar-refractivity contribution in [3.05, 3.63) is 67.6 Å². The van der Waals surface area contributed by atoms with E-state index in [1.165, 1.54) is 0 Å². The van der Waals surface area contributed by atoms with E-state index in [-0.39, 0.29) is 5.38 Å². The minimum Gasteiger partial charge on any atom is -0.112 e. The summed E-state index contributed by atoms with van der Waals surface area (Å²) in [5, 5.41) is 0.412. The summed E-state index contributed by atoms with van der Waals surface area (Å²) in [6.07, 6.45) is 0.